The van der Waals surface area contributed by atoms with E-state index in [1.54, 1.807) is 0 Å². The van der Waals surface area contributed by atoms with Gasteiger partial charge in [0.25, 0.3) is 0 Å². The summed E-state index contributed by atoms with van der Waals surface area (Å²) < 4.78 is 0. The van der Waals surface area contributed by atoms with Crippen molar-refractivity contribution in [2.24, 2.45) is 0 Å². The van der Waals surface area contributed by atoms with E-state index in [1.165, 1.54) is 29.9 Å². The van der Waals surface area contributed by atoms with E-state index in [0.29, 0.717) is 0 Å². The van der Waals surface area contributed by atoms with Gasteiger partial charge in [0.1, 0.15) is 6.17 Å². The van der Waals surface area contributed by atoms with Crippen molar-refractivity contribution in [2.75, 3.05) is 47.4 Å². The van der Waals surface area contributed by atoms with Crippen molar-refractivity contribution in [1.29, 1.82) is 0 Å². The molecule has 0 fully saturated rings. The van der Waals surface area contributed by atoms with Crippen LogP contribution in [0.25, 0.3) is 0 Å². The van der Waals surface area contributed by atoms with Crippen LogP contribution in [0, 0.1) is 0 Å². The van der Waals surface area contributed by atoms with Gasteiger partial charge >= 0.3 is 0 Å². The standard InChI is InChI=1S/C23H31N4/c1-3-15-26-16-9-17-27(22-13-8-7-12-21(22)26)23-14-18-25(4-2)20-11-6-5-10-19(20)24-23/h5-8,10-13,23H,3-4,9,14-18H2,1-2H3. The first kappa shape index (κ1) is 18.0. The molecule has 2 heterocycles. The number of fused-ring (bicyclic) bond motifs is 2. The zero-order valence-electron chi connectivity index (χ0n) is 16.6. The van der Waals surface area contributed by atoms with Gasteiger partial charge in [-0.25, -0.2) is 0 Å². The summed E-state index contributed by atoms with van der Waals surface area (Å²) in [5.74, 6) is 0. The molecule has 1 atom stereocenters. The predicted octanol–water partition coefficient (Wildman–Crippen LogP) is 4.61. The van der Waals surface area contributed by atoms with Crippen LogP contribution in [0.3, 0.4) is 0 Å². The van der Waals surface area contributed by atoms with Gasteiger partial charge < -0.3 is 14.7 Å². The van der Waals surface area contributed by atoms with Crippen LogP contribution in [-0.2, 0) is 0 Å². The van der Waals surface area contributed by atoms with Crippen LogP contribution in [0.15, 0.2) is 48.5 Å². The maximum Gasteiger partial charge on any atom is 0.123 e. The Morgan fingerprint density at radius 1 is 0.852 bits per heavy atom. The van der Waals surface area contributed by atoms with E-state index in [0.717, 1.165) is 44.8 Å². The van der Waals surface area contributed by atoms with E-state index in [2.05, 4.69) is 77.1 Å². The highest BCUT2D eigenvalue weighted by molar-refractivity contribution is 5.73. The number of rotatable bonds is 4. The predicted molar refractivity (Wildman–Crippen MR) is 115 cm³/mol. The van der Waals surface area contributed by atoms with E-state index >= 15 is 0 Å². The van der Waals surface area contributed by atoms with Gasteiger partial charge in [-0.15, -0.1) is 0 Å². The average Bonchev–Trinajstić information content (AvgIpc) is 3.00. The summed E-state index contributed by atoms with van der Waals surface area (Å²) in [6.45, 7) is 9.91. The summed E-state index contributed by atoms with van der Waals surface area (Å²) in [7, 11) is 0. The SMILES string of the molecule is CCCN1CCCN(C2CCN(CC)c3ccccc3[N]2)c2ccccc21. The number of hydrogen-bond donors (Lipinski definition) is 0. The summed E-state index contributed by atoms with van der Waals surface area (Å²) in [5.41, 5.74) is 5.13. The highest BCUT2D eigenvalue weighted by Gasteiger charge is 2.29. The highest BCUT2D eigenvalue weighted by atomic mass is 15.3. The normalized spacial score (nSPS) is 19.6. The first-order chi connectivity index (χ1) is 13.3. The maximum atomic E-state index is 5.24. The molecule has 2 aliphatic heterocycles. The average molecular weight is 364 g/mol. The first-order valence-electron chi connectivity index (χ1n) is 10.5. The number of benzene rings is 2. The Balaban J connectivity index is 1.67. The third-order valence-corrected chi connectivity index (χ3v) is 5.76. The molecule has 2 aromatic carbocycles. The van der Waals surface area contributed by atoms with Crippen molar-refractivity contribution >= 4 is 22.7 Å². The Morgan fingerprint density at radius 2 is 1.59 bits per heavy atom. The molecule has 0 spiro atoms. The van der Waals surface area contributed by atoms with Crippen LogP contribution in [-0.4, -0.2) is 38.9 Å². The van der Waals surface area contributed by atoms with Crippen LogP contribution in [0.2, 0.25) is 0 Å². The molecule has 0 aromatic heterocycles. The molecule has 2 aromatic rings. The summed E-state index contributed by atoms with van der Waals surface area (Å²) in [5, 5.41) is 5.24. The number of nitrogens with zero attached hydrogens (tertiary/aromatic N) is 4. The molecule has 4 rings (SSSR count). The molecule has 4 nitrogen and oxygen atoms in total. The molecule has 0 saturated carbocycles. The Hall–Kier alpha value is -2.36. The van der Waals surface area contributed by atoms with E-state index in [-0.39, 0.29) is 6.17 Å². The minimum atomic E-state index is 0.199. The van der Waals surface area contributed by atoms with Gasteiger partial charge in [0, 0.05) is 39.1 Å². The molecule has 1 unspecified atom stereocenters. The van der Waals surface area contributed by atoms with Gasteiger partial charge in [0.15, 0.2) is 0 Å². The summed E-state index contributed by atoms with van der Waals surface area (Å²) in [6.07, 6.45) is 3.62. The molecule has 1 radical (unpaired) electrons. The molecular weight excluding hydrogens is 332 g/mol. The lowest BCUT2D eigenvalue weighted by Crippen LogP contribution is -2.42. The van der Waals surface area contributed by atoms with Crippen molar-refractivity contribution < 1.29 is 0 Å². The third-order valence-electron chi connectivity index (χ3n) is 5.76. The summed E-state index contributed by atoms with van der Waals surface area (Å²) in [4.78, 5) is 7.57. The number of hydrogen-bond acceptors (Lipinski definition) is 3. The fourth-order valence-corrected chi connectivity index (χ4v) is 4.47. The van der Waals surface area contributed by atoms with Crippen LogP contribution >= 0.6 is 0 Å². The minimum absolute atomic E-state index is 0.199. The molecular formula is C23H31N4. The zero-order chi connectivity index (χ0) is 18.6. The maximum absolute atomic E-state index is 5.24. The Kier molecular flexibility index (Phi) is 5.42. The molecule has 0 amide bonds. The fourth-order valence-electron chi connectivity index (χ4n) is 4.47. The first-order valence-corrected chi connectivity index (χ1v) is 10.5. The Labute approximate surface area is 163 Å². The van der Waals surface area contributed by atoms with Crippen molar-refractivity contribution in [3.05, 3.63) is 48.5 Å². The van der Waals surface area contributed by atoms with E-state index < -0.39 is 0 Å². The summed E-state index contributed by atoms with van der Waals surface area (Å²) >= 11 is 0. The van der Waals surface area contributed by atoms with E-state index in [4.69, 9.17) is 5.32 Å². The summed E-state index contributed by atoms with van der Waals surface area (Å²) in [6, 6.07) is 17.5. The van der Waals surface area contributed by atoms with Gasteiger partial charge in [-0.2, -0.15) is 0 Å². The topological polar surface area (TPSA) is 23.8 Å². The Bertz CT molecular complexity index is 760. The van der Waals surface area contributed by atoms with E-state index in [9.17, 15) is 0 Å². The second kappa shape index (κ2) is 8.12. The third kappa shape index (κ3) is 3.58. The molecule has 143 valence electrons. The smallest absolute Gasteiger partial charge is 0.123 e. The minimum Gasteiger partial charge on any atom is -0.370 e. The highest BCUT2D eigenvalue weighted by Crippen LogP contribution is 2.37. The van der Waals surface area contributed by atoms with E-state index in [1.807, 2.05) is 0 Å². The molecule has 0 aliphatic carbocycles. The number of anilines is 3. The number of para-hydroxylation sites is 4. The lowest BCUT2D eigenvalue weighted by atomic mass is 10.2. The van der Waals surface area contributed by atoms with Crippen molar-refractivity contribution in [1.82, 2.24) is 5.32 Å². The quantitative estimate of drug-likeness (QED) is 0.793. The molecule has 0 saturated heterocycles. The van der Waals surface area contributed by atoms with Crippen molar-refractivity contribution in [3.63, 3.8) is 0 Å². The fraction of sp³-hybridized carbons (Fsp3) is 0.478. The van der Waals surface area contributed by atoms with Crippen LogP contribution in [0.5, 0.6) is 0 Å². The largest absolute Gasteiger partial charge is 0.370 e. The van der Waals surface area contributed by atoms with Crippen LogP contribution in [0.1, 0.15) is 33.1 Å². The van der Waals surface area contributed by atoms with Crippen LogP contribution in [0.4, 0.5) is 22.7 Å². The molecule has 4 heteroatoms. The zero-order valence-corrected chi connectivity index (χ0v) is 16.6. The lowest BCUT2D eigenvalue weighted by Gasteiger charge is -2.33. The van der Waals surface area contributed by atoms with Gasteiger partial charge in [0.05, 0.1) is 22.7 Å². The molecule has 0 N–H and O–H groups in total. The second-order valence-corrected chi connectivity index (χ2v) is 7.49. The lowest BCUT2D eigenvalue weighted by molar-refractivity contribution is 0.512. The second-order valence-electron chi connectivity index (χ2n) is 7.49. The molecule has 27 heavy (non-hydrogen) atoms. The molecule has 0 bridgehead atoms. The van der Waals surface area contributed by atoms with Crippen LogP contribution < -0.4 is 20.0 Å². The molecule has 2 aliphatic rings. The van der Waals surface area contributed by atoms with Gasteiger partial charge in [-0.05, 0) is 44.0 Å². The van der Waals surface area contributed by atoms with Gasteiger partial charge in [0.2, 0.25) is 0 Å². The monoisotopic (exact) mass is 363 g/mol. The van der Waals surface area contributed by atoms with Crippen molar-refractivity contribution in [3.8, 4) is 0 Å². The Morgan fingerprint density at radius 3 is 2.37 bits per heavy atom. The van der Waals surface area contributed by atoms with Gasteiger partial charge in [-0.3, -0.25) is 5.32 Å². The van der Waals surface area contributed by atoms with Gasteiger partial charge in [-0.1, -0.05) is 31.2 Å². The van der Waals surface area contributed by atoms with Crippen molar-refractivity contribution in [2.45, 2.75) is 39.3 Å².